The Balaban J connectivity index is 1.25. The minimum absolute atomic E-state index is 0.706. The van der Waals surface area contributed by atoms with E-state index in [-0.39, 0.29) is 0 Å². The van der Waals surface area contributed by atoms with Crippen molar-refractivity contribution in [3.05, 3.63) is 110 Å². The number of hydrogen-bond donors (Lipinski definition) is 3. The lowest BCUT2D eigenvalue weighted by molar-refractivity contribution is 1.06. The molecule has 38 heavy (non-hydrogen) atoms. The lowest BCUT2D eigenvalue weighted by atomic mass is 10.0. The van der Waals surface area contributed by atoms with E-state index in [9.17, 15) is 0 Å². The summed E-state index contributed by atoms with van der Waals surface area (Å²) in [6, 6.07) is 32.0. The van der Waals surface area contributed by atoms with E-state index in [0.29, 0.717) is 11.6 Å². The number of anilines is 5. The highest BCUT2D eigenvalue weighted by Crippen LogP contribution is 2.32. The maximum Gasteiger partial charge on any atom is 0.161 e. The smallest absolute Gasteiger partial charge is 0.161 e. The van der Waals surface area contributed by atoms with Gasteiger partial charge in [-0.3, -0.25) is 0 Å². The molecule has 0 radical (unpaired) electrons. The molecule has 0 spiro atoms. The molecule has 0 saturated carbocycles. The van der Waals surface area contributed by atoms with Crippen LogP contribution in [0, 0.1) is 0 Å². The van der Waals surface area contributed by atoms with Gasteiger partial charge in [0.1, 0.15) is 23.7 Å². The number of aromatic nitrogens is 5. The Hall–Kier alpha value is -5.37. The molecule has 8 nitrogen and oxygen atoms in total. The summed E-state index contributed by atoms with van der Waals surface area (Å²) in [6.45, 7) is 0. The molecule has 6 aromatic rings. The normalized spacial score (nSPS) is 10.8. The van der Waals surface area contributed by atoms with Crippen molar-refractivity contribution in [2.24, 2.45) is 0 Å². The van der Waals surface area contributed by atoms with Crippen molar-refractivity contribution in [2.45, 2.75) is 0 Å². The molecule has 0 atom stereocenters. The van der Waals surface area contributed by atoms with Gasteiger partial charge >= 0.3 is 0 Å². The largest absolute Gasteiger partial charge is 0.373 e. The van der Waals surface area contributed by atoms with E-state index < -0.39 is 0 Å². The number of benzene rings is 3. The third-order valence-corrected chi connectivity index (χ3v) is 6.15. The average Bonchev–Trinajstić information content (AvgIpc) is 2.99. The Morgan fingerprint density at radius 3 is 2.08 bits per heavy atom. The highest BCUT2D eigenvalue weighted by atomic mass is 15.2. The van der Waals surface area contributed by atoms with Crippen molar-refractivity contribution >= 4 is 39.6 Å². The molecular weight excluding hydrogens is 472 g/mol. The molecule has 0 bridgehead atoms. The Bertz CT molecular complexity index is 1700. The first kappa shape index (κ1) is 23.1. The van der Waals surface area contributed by atoms with Crippen LogP contribution < -0.4 is 16.0 Å². The molecule has 6 rings (SSSR count). The Morgan fingerprint density at radius 1 is 0.605 bits per heavy atom. The van der Waals surface area contributed by atoms with Gasteiger partial charge in [-0.15, -0.1) is 10.2 Å². The van der Waals surface area contributed by atoms with Gasteiger partial charge in [0.05, 0.1) is 5.69 Å². The fourth-order valence-electron chi connectivity index (χ4n) is 4.27. The Kier molecular flexibility index (Phi) is 6.26. The molecule has 0 aliphatic rings. The zero-order chi connectivity index (χ0) is 25.7. The molecular formula is C30H24N8. The molecule has 184 valence electrons. The fraction of sp³-hybridized carbons (Fsp3) is 0.0333. The zero-order valence-corrected chi connectivity index (χ0v) is 20.6. The van der Waals surface area contributed by atoms with E-state index in [4.69, 9.17) is 0 Å². The molecule has 3 aromatic carbocycles. The van der Waals surface area contributed by atoms with E-state index in [0.717, 1.165) is 50.5 Å². The first-order chi connectivity index (χ1) is 18.8. The van der Waals surface area contributed by atoms with Crippen LogP contribution in [0.3, 0.4) is 0 Å². The van der Waals surface area contributed by atoms with Crippen LogP contribution in [0.15, 0.2) is 110 Å². The highest BCUT2D eigenvalue weighted by molar-refractivity contribution is 6.00. The predicted molar refractivity (Wildman–Crippen MR) is 153 cm³/mol. The Morgan fingerprint density at radius 2 is 1.32 bits per heavy atom. The highest BCUT2D eigenvalue weighted by Gasteiger charge is 2.12. The van der Waals surface area contributed by atoms with Crippen LogP contribution in [-0.2, 0) is 0 Å². The van der Waals surface area contributed by atoms with E-state index in [1.165, 1.54) is 6.33 Å². The summed E-state index contributed by atoms with van der Waals surface area (Å²) in [5.74, 6) is 2.16. The van der Waals surface area contributed by atoms with Gasteiger partial charge in [0.2, 0.25) is 0 Å². The Labute approximate surface area is 219 Å². The number of hydrogen-bond acceptors (Lipinski definition) is 8. The molecule has 0 amide bonds. The SMILES string of the molecule is CNc1cc(-c2cccnc2Nc2ccc(Nc3nnc(-c4ccccc4)c4ccccc34)cc2)ncn1. The molecule has 0 aliphatic heterocycles. The van der Waals surface area contributed by atoms with E-state index in [1.807, 2.05) is 92.0 Å². The minimum Gasteiger partial charge on any atom is -0.373 e. The molecule has 0 fully saturated rings. The van der Waals surface area contributed by atoms with Crippen LogP contribution in [0.2, 0.25) is 0 Å². The van der Waals surface area contributed by atoms with E-state index in [1.54, 1.807) is 6.20 Å². The summed E-state index contributed by atoms with van der Waals surface area (Å²) in [7, 11) is 1.83. The van der Waals surface area contributed by atoms with Gasteiger partial charge in [0, 0.05) is 52.6 Å². The first-order valence-corrected chi connectivity index (χ1v) is 12.2. The molecule has 3 aromatic heterocycles. The first-order valence-electron chi connectivity index (χ1n) is 12.2. The molecule has 0 aliphatic carbocycles. The van der Waals surface area contributed by atoms with Gasteiger partial charge in [-0.25, -0.2) is 15.0 Å². The molecule has 3 N–H and O–H groups in total. The van der Waals surface area contributed by atoms with Crippen molar-refractivity contribution in [3.8, 4) is 22.5 Å². The number of pyridine rings is 1. The van der Waals surface area contributed by atoms with Gasteiger partial charge < -0.3 is 16.0 Å². The number of fused-ring (bicyclic) bond motifs is 1. The second-order valence-electron chi connectivity index (χ2n) is 8.57. The zero-order valence-electron chi connectivity index (χ0n) is 20.6. The second kappa shape index (κ2) is 10.3. The van der Waals surface area contributed by atoms with Gasteiger partial charge in [0.25, 0.3) is 0 Å². The minimum atomic E-state index is 0.706. The van der Waals surface area contributed by atoms with Crippen LogP contribution in [0.5, 0.6) is 0 Å². The predicted octanol–water partition coefficient (Wildman–Crippen LogP) is 6.68. The maximum absolute atomic E-state index is 4.55. The molecule has 3 heterocycles. The van der Waals surface area contributed by atoms with Crippen LogP contribution >= 0.6 is 0 Å². The lowest BCUT2D eigenvalue weighted by Gasteiger charge is -2.13. The average molecular weight is 497 g/mol. The van der Waals surface area contributed by atoms with Crippen LogP contribution in [-0.4, -0.2) is 32.2 Å². The monoisotopic (exact) mass is 496 g/mol. The van der Waals surface area contributed by atoms with Crippen molar-refractivity contribution in [1.29, 1.82) is 0 Å². The van der Waals surface area contributed by atoms with Crippen molar-refractivity contribution in [1.82, 2.24) is 25.1 Å². The number of rotatable bonds is 7. The summed E-state index contributed by atoms with van der Waals surface area (Å²) in [6.07, 6.45) is 3.29. The summed E-state index contributed by atoms with van der Waals surface area (Å²) >= 11 is 0. The third-order valence-electron chi connectivity index (χ3n) is 6.15. The number of nitrogens with one attached hydrogen (secondary N) is 3. The van der Waals surface area contributed by atoms with Gasteiger partial charge in [-0.2, -0.15) is 0 Å². The topological polar surface area (TPSA) is 101 Å². The van der Waals surface area contributed by atoms with Crippen molar-refractivity contribution in [2.75, 3.05) is 23.0 Å². The van der Waals surface area contributed by atoms with Crippen LogP contribution in [0.1, 0.15) is 0 Å². The lowest BCUT2D eigenvalue weighted by Crippen LogP contribution is -2.00. The van der Waals surface area contributed by atoms with Gasteiger partial charge in [-0.1, -0.05) is 54.6 Å². The van der Waals surface area contributed by atoms with Gasteiger partial charge in [-0.05, 0) is 36.4 Å². The number of nitrogens with zero attached hydrogens (tertiary/aromatic N) is 5. The quantitative estimate of drug-likeness (QED) is 0.225. The van der Waals surface area contributed by atoms with Crippen molar-refractivity contribution < 1.29 is 0 Å². The van der Waals surface area contributed by atoms with E-state index >= 15 is 0 Å². The molecule has 0 saturated heterocycles. The molecule has 0 unspecified atom stereocenters. The summed E-state index contributed by atoms with van der Waals surface area (Å²) in [5, 5.41) is 21.0. The van der Waals surface area contributed by atoms with E-state index in [2.05, 4.69) is 53.2 Å². The summed E-state index contributed by atoms with van der Waals surface area (Å²) in [5.41, 5.74) is 5.36. The third kappa shape index (κ3) is 4.70. The standard InChI is InChI=1S/C30H24N8/c1-31-27-18-26(33-19-34-27)25-12-7-17-32-29(25)35-21-13-15-22(16-14-21)36-30-24-11-6-5-10-23(24)28(37-38-30)20-8-3-2-4-9-20/h2-19H,1H3,(H,32,35)(H,36,38)(H,31,33,34). The molecule has 8 heteroatoms. The van der Waals surface area contributed by atoms with Crippen LogP contribution in [0.4, 0.5) is 28.8 Å². The van der Waals surface area contributed by atoms with Crippen molar-refractivity contribution in [3.63, 3.8) is 0 Å². The van der Waals surface area contributed by atoms with Gasteiger partial charge in [0.15, 0.2) is 5.82 Å². The summed E-state index contributed by atoms with van der Waals surface area (Å²) < 4.78 is 0. The second-order valence-corrected chi connectivity index (χ2v) is 8.57. The fourth-order valence-corrected chi connectivity index (χ4v) is 4.27. The van der Waals surface area contributed by atoms with Crippen LogP contribution in [0.25, 0.3) is 33.3 Å². The summed E-state index contributed by atoms with van der Waals surface area (Å²) in [4.78, 5) is 13.2. The maximum atomic E-state index is 4.55.